The molecule has 0 spiro atoms. The van der Waals surface area contributed by atoms with Crippen LogP contribution in [0.3, 0.4) is 0 Å². The van der Waals surface area contributed by atoms with Crippen LogP contribution in [0.25, 0.3) is 6.08 Å². The maximum atomic E-state index is 14.0. The van der Waals surface area contributed by atoms with Crippen molar-refractivity contribution in [2.24, 2.45) is 0 Å². The minimum absolute atomic E-state index is 0.391. The van der Waals surface area contributed by atoms with Gasteiger partial charge in [0.05, 0.1) is 0 Å². The SMILES string of the molecule is Cc1c(F)c(F)c(F)c(C=CC(=O)N2CCN(C3CCCC3)CC2)c1F. The minimum Gasteiger partial charge on any atom is -0.337 e. The summed E-state index contributed by atoms with van der Waals surface area (Å²) in [6, 6.07) is 0.594. The van der Waals surface area contributed by atoms with Gasteiger partial charge in [-0.25, -0.2) is 17.6 Å². The lowest BCUT2D eigenvalue weighted by molar-refractivity contribution is -0.127. The number of hydrogen-bond acceptors (Lipinski definition) is 2. The van der Waals surface area contributed by atoms with Crippen molar-refractivity contribution < 1.29 is 22.4 Å². The van der Waals surface area contributed by atoms with Crippen molar-refractivity contribution in [2.75, 3.05) is 26.2 Å². The molecule has 0 aromatic heterocycles. The number of benzene rings is 1. The van der Waals surface area contributed by atoms with Crippen molar-refractivity contribution in [3.05, 3.63) is 40.5 Å². The molecule has 3 rings (SSSR count). The molecule has 1 heterocycles. The Bertz CT molecular complexity index is 692. The van der Waals surface area contributed by atoms with Gasteiger partial charge in [0.1, 0.15) is 5.82 Å². The van der Waals surface area contributed by atoms with Crippen molar-refractivity contribution in [3.8, 4) is 0 Å². The fourth-order valence-corrected chi connectivity index (χ4v) is 3.76. The first-order chi connectivity index (χ1) is 12.4. The lowest BCUT2D eigenvalue weighted by Gasteiger charge is -2.37. The summed E-state index contributed by atoms with van der Waals surface area (Å²) in [4.78, 5) is 16.3. The Morgan fingerprint density at radius 1 is 0.923 bits per heavy atom. The molecule has 0 bridgehead atoms. The first-order valence-electron chi connectivity index (χ1n) is 8.93. The smallest absolute Gasteiger partial charge is 0.246 e. The molecular weight excluding hydrogens is 348 g/mol. The second-order valence-corrected chi connectivity index (χ2v) is 6.93. The van der Waals surface area contributed by atoms with Crippen LogP contribution >= 0.6 is 0 Å². The molecule has 0 atom stereocenters. The van der Waals surface area contributed by atoms with Gasteiger partial charge in [0.2, 0.25) is 5.91 Å². The van der Waals surface area contributed by atoms with Crippen LogP contribution in [0.5, 0.6) is 0 Å². The Morgan fingerprint density at radius 3 is 2.15 bits per heavy atom. The molecule has 142 valence electrons. The molecule has 2 aliphatic rings. The van der Waals surface area contributed by atoms with Gasteiger partial charge in [-0.3, -0.25) is 9.69 Å². The Hall–Kier alpha value is -1.89. The second-order valence-electron chi connectivity index (χ2n) is 6.93. The van der Waals surface area contributed by atoms with E-state index in [0.29, 0.717) is 19.1 Å². The zero-order chi connectivity index (χ0) is 18.8. The summed E-state index contributed by atoms with van der Waals surface area (Å²) in [6.45, 7) is 3.66. The highest BCUT2D eigenvalue weighted by molar-refractivity contribution is 5.92. The van der Waals surface area contributed by atoms with Crippen molar-refractivity contribution in [2.45, 2.75) is 38.6 Å². The summed E-state index contributed by atoms with van der Waals surface area (Å²) in [5.74, 6) is -6.50. The molecule has 26 heavy (non-hydrogen) atoms. The monoisotopic (exact) mass is 370 g/mol. The number of piperazine rings is 1. The summed E-state index contributed by atoms with van der Waals surface area (Å²) in [5.41, 5.74) is -1.35. The first kappa shape index (κ1) is 18.9. The summed E-state index contributed by atoms with van der Waals surface area (Å²) in [6.07, 6.45) is 6.79. The third kappa shape index (κ3) is 3.63. The number of halogens is 4. The van der Waals surface area contributed by atoms with Crippen LogP contribution in [0.2, 0.25) is 0 Å². The summed E-state index contributed by atoms with van der Waals surface area (Å²) in [5, 5.41) is 0. The lowest BCUT2D eigenvalue weighted by Crippen LogP contribution is -2.51. The molecule has 1 aromatic rings. The molecule has 7 heteroatoms. The highest BCUT2D eigenvalue weighted by atomic mass is 19.2. The predicted octanol–water partition coefficient (Wildman–Crippen LogP) is 3.65. The fraction of sp³-hybridized carbons (Fsp3) is 0.526. The van der Waals surface area contributed by atoms with Crippen LogP contribution in [0.1, 0.15) is 36.8 Å². The molecule has 1 amide bonds. The Labute approximate surface area is 150 Å². The maximum absolute atomic E-state index is 14.0. The molecule has 0 unspecified atom stereocenters. The third-order valence-corrected chi connectivity index (χ3v) is 5.38. The maximum Gasteiger partial charge on any atom is 0.246 e. The zero-order valence-corrected chi connectivity index (χ0v) is 14.7. The Balaban J connectivity index is 1.65. The largest absolute Gasteiger partial charge is 0.337 e. The van der Waals surface area contributed by atoms with Gasteiger partial charge < -0.3 is 4.90 Å². The van der Waals surface area contributed by atoms with Gasteiger partial charge in [-0.15, -0.1) is 0 Å². The van der Waals surface area contributed by atoms with Gasteiger partial charge in [0.25, 0.3) is 0 Å². The third-order valence-electron chi connectivity index (χ3n) is 5.38. The quantitative estimate of drug-likeness (QED) is 0.351. The normalized spacial score (nSPS) is 19.7. The molecule has 1 saturated heterocycles. The standard InChI is InChI=1S/C19H22F4N2O/c1-12-16(20)14(18(22)19(23)17(12)21)6-7-15(26)25-10-8-24(9-11-25)13-4-2-3-5-13/h6-7,13H,2-5,8-11H2,1H3. The van der Waals surface area contributed by atoms with E-state index < -0.39 is 40.3 Å². The highest BCUT2D eigenvalue weighted by Gasteiger charge is 2.27. The molecule has 2 fully saturated rings. The average molecular weight is 370 g/mol. The van der Waals surface area contributed by atoms with Crippen LogP contribution in [-0.2, 0) is 4.79 Å². The predicted molar refractivity (Wildman–Crippen MR) is 90.5 cm³/mol. The molecule has 0 radical (unpaired) electrons. The molecule has 1 aliphatic heterocycles. The summed E-state index contributed by atoms with van der Waals surface area (Å²) in [7, 11) is 0. The van der Waals surface area contributed by atoms with E-state index in [4.69, 9.17) is 0 Å². The Kier molecular flexibility index (Phi) is 5.65. The number of carbonyl (C=O) groups excluding carboxylic acids is 1. The van der Waals surface area contributed by atoms with Crippen LogP contribution < -0.4 is 0 Å². The van der Waals surface area contributed by atoms with Gasteiger partial charge in [-0.1, -0.05) is 12.8 Å². The van der Waals surface area contributed by atoms with E-state index >= 15 is 0 Å². The van der Waals surface area contributed by atoms with Crippen LogP contribution in [0.4, 0.5) is 17.6 Å². The van der Waals surface area contributed by atoms with Gasteiger partial charge in [0, 0.05) is 49.4 Å². The van der Waals surface area contributed by atoms with E-state index in [0.717, 1.165) is 32.2 Å². The number of carbonyl (C=O) groups is 1. The van der Waals surface area contributed by atoms with Crippen molar-refractivity contribution in [1.82, 2.24) is 9.80 Å². The number of amides is 1. The number of hydrogen-bond donors (Lipinski definition) is 0. The molecule has 0 N–H and O–H groups in total. The second kappa shape index (κ2) is 7.78. The molecule has 1 aliphatic carbocycles. The average Bonchev–Trinajstić information content (AvgIpc) is 3.19. The lowest BCUT2D eigenvalue weighted by atomic mass is 10.1. The zero-order valence-electron chi connectivity index (χ0n) is 14.7. The molecule has 3 nitrogen and oxygen atoms in total. The minimum atomic E-state index is -1.74. The number of rotatable bonds is 3. The van der Waals surface area contributed by atoms with Crippen molar-refractivity contribution >= 4 is 12.0 Å². The van der Waals surface area contributed by atoms with Crippen LogP contribution in [-0.4, -0.2) is 47.9 Å². The van der Waals surface area contributed by atoms with Crippen LogP contribution in [0, 0.1) is 30.2 Å². The first-order valence-corrected chi connectivity index (χ1v) is 8.93. The van der Waals surface area contributed by atoms with Crippen molar-refractivity contribution in [1.29, 1.82) is 0 Å². The van der Waals surface area contributed by atoms with Gasteiger partial charge >= 0.3 is 0 Å². The van der Waals surface area contributed by atoms with Gasteiger partial charge in [0.15, 0.2) is 17.5 Å². The van der Waals surface area contributed by atoms with E-state index in [2.05, 4.69) is 4.90 Å². The summed E-state index contributed by atoms with van der Waals surface area (Å²) >= 11 is 0. The van der Waals surface area contributed by atoms with Crippen molar-refractivity contribution in [3.63, 3.8) is 0 Å². The fourth-order valence-electron chi connectivity index (χ4n) is 3.76. The van der Waals surface area contributed by atoms with Crippen LogP contribution in [0.15, 0.2) is 6.08 Å². The van der Waals surface area contributed by atoms with E-state index in [1.807, 2.05) is 0 Å². The van der Waals surface area contributed by atoms with E-state index in [-0.39, 0.29) is 0 Å². The van der Waals surface area contributed by atoms with Gasteiger partial charge in [-0.05, 0) is 25.8 Å². The number of nitrogens with zero attached hydrogens (tertiary/aromatic N) is 2. The molecular formula is C19H22F4N2O. The van der Waals surface area contributed by atoms with E-state index in [1.54, 1.807) is 4.90 Å². The molecule has 1 saturated carbocycles. The topological polar surface area (TPSA) is 23.6 Å². The van der Waals surface area contributed by atoms with E-state index in [9.17, 15) is 22.4 Å². The Morgan fingerprint density at radius 2 is 1.54 bits per heavy atom. The van der Waals surface area contributed by atoms with E-state index in [1.165, 1.54) is 25.7 Å². The highest BCUT2D eigenvalue weighted by Crippen LogP contribution is 2.26. The molecule has 1 aromatic carbocycles. The van der Waals surface area contributed by atoms with Gasteiger partial charge in [-0.2, -0.15) is 0 Å². The summed E-state index contributed by atoms with van der Waals surface area (Å²) < 4.78 is 54.6.